The van der Waals surface area contributed by atoms with Crippen LogP contribution in [0.4, 0.5) is 0 Å². The monoisotopic (exact) mass is 692 g/mol. The van der Waals surface area contributed by atoms with Crippen LogP contribution in [-0.2, 0) is 0 Å². The smallest absolute Gasteiger partial charge is 0.235 e. The molecule has 53 heavy (non-hydrogen) atoms. The van der Waals surface area contributed by atoms with Crippen molar-refractivity contribution in [3.8, 4) is 22.9 Å². The maximum Gasteiger partial charge on any atom is 0.235 e. The Balaban J connectivity index is 1.21. The number of para-hydroxylation sites is 3. The molecule has 0 fully saturated rings. The van der Waals surface area contributed by atoms with E-state index in [1.165, 1.54) is 63.5 Å². The summed E-state index contributed by atoms with van der Waals surface area (Å²) in [6, 6.07) is 61.1. The van der Waals surface area contributed by atoms with Gasteiger partial charge in [-0.2, -0.15) is 0 Å². The van der Waals surface area contributed by atoms with Gasteiger partial charge in [-0.25, -0.2) is 9.97 Å². The topological polar surface area (TPSA) is 35.6 Å². The molecular weight excluding hydrogens is 665 g/mol. The summed E-state index contributed by atoms with van der Waals surface area (Å²) < 4.78 is 7.19. The van der Waals surface area contributed by atoms with Crippen molar-refractivity contribution in [2.75, 3.05) is 0 Å². The molecule has 0 aliphatic carbocycles. The number of aromatic nitrogens is 4. The van der Waals surface area contributed by atoms with Gasteiger partial charge >= 0.3 is 0 Å². The van der Waals surface area contributed by atoms with Crippen molar-refractivity contribution in [1.82, 2.24) is 19.1 Å². The molecule has 12 aromatic rings. The third-order valence-electron chi connectivity index (χ3n) is 10.9. The van der Waals surface area contributed by atoms with Gasteiger partial charge < -0.3 is 4.57 Å². The molecule has 0 aliphatic heterocycles. The average molecular weight is 693 g/mol. The zero-order valence-corrected chi connectivity index (χ0v) is 29.2. The first-order chi connectivity index (χ1) is 26.3. The second-order valence-electron chi connectivity index (χ2n) is 13.8. The predicted octanol–water partition coefficient (Wildman–Crippen LogP) is 13.0. The minimum atomic E-state index is 0.659. The second kappa shape index (κ2) is 10.8. The van der Waals surface area contributed by atoms with E-state index in [0.717, 1.165) is 38.9 Å². The molecule has 4 nitrogen and oxygen atoms in total. The quantitative estimate of drug-likeness (QED) is 0.185. The Labute approximate surface area is 307 Å². The highest BCUT2D eigenvalue weighted by Gasteiger charge is 2.22. The molecule has 0 radical (unpaired) electrons. The van der Waals surface area contributed by atoms with Crippen molar-refractivity contribution in [2.45, 2.75) is 0 Å². The van der Waals surface area contributed by atoms with Crippen molar-refractivity contribution in [2.24, 2.45) is 0 Å². The summed E-state index contributed by atoms with van der Waals surface area (Å²) in [5, 5.41) is 10.9. The van der Waals surface area contributed by atoms with Gasteiger partial charge in [0.1, 0.15) is 0 Å². The first kappa shape index (κ1) is 28.8. The first-order valence-electron chi connectivity index (χ1n) is 17.9. The van der Waals surface area contributed by atoms with Crippen LogP contribution in [0, 0.1) is 0 Å². The molecule has 0 aliphatic rings. The van der Waals surface area contributed by atoms with Gasteiger partial charge in [-0.15, -0.1) is 11.3 Å². The zero-order chi connectivity index (χ0) is 34.6. The molecule has 8 aromatic carbocycles. The fourth-order valence-corrected chi connectivity index (χ4v) is 9.85. The fraction of sp³-hybridized carbons (Fsp3) is 0. The van der Waals surface area contributed by atoms with Crippen LogP contribution in [0.1, 0.15) is 0 Å². The summed E-state index contributed by atoms with van der Waals surface area (Å²) in [7, 11) is 0. The molecule has 0 spiro atoms. The predicted molar refractivity (Wildman–Crippen MR) is 224 cm³/mol. The van der Waals surface area contributed by atoms with E-state index in [-0.39, 0.29) is 0 Å². The standard InChI is InChI=1S/C48H28N4S/c1-2-13-31-29(12-1)24-27-42-45(31)37-26-25-30(51-40-21-8-4-14-32(40)33-15-5-9-22-41(33)51)28-43(37)52(42)48-49-39-20-7-3-17-36(39)46(50-48)38-19-11-18-35-34-16-6-10-23-44(34)53-47(35)38/h1-28H. The molecule has 0 saturated heterocycles. The summed E-state index contributed by atoms with van der Waals surface area (Å²) in [5.74, 6) is 0.659. The number of rotatable bonds is 3. The van der Waals surface area contributed by atoms with Gasteiger partial charge in [0.25, 0.3) is 0 Å². The Kier molecular flexibility index (Phi) is 5.90. The molecule has 246 valence electrons. The van der Waals surface area contributed by atoms with Gasteiger partial charge in [0.15, 0.2) is 0 Å². The Morgan fingerprint density at radius 2 is 1.09 bits per heavy atom. The Hall–Kier alpha value is -6.82. The van der Waals surface area contributed by atoms with E-state index in [1.807, 2.05) is 11.3 Å². The average Bonchev–Trinajstić information content (AvgIpc) is 3.88. The van der Waals surface area contributed by atoms with Gasteiger partial charge in [-0.1, -0.05) is 127 Å². The summed E-state index contributed by atoms with van der Waals surface area (Å²) in [5.41, 5.74) is 8.59. The Bertz CT molecular complexity index is 3420. The zero-order valence-electron chi connectivity index (χ0n) is 28.4. The minimum Gasteiger partial charge on any atom is -0.309 e. The molecule has 0 amide bonds. The van der Waals surface area contributed by atoms with Crippen LogP contribution in [0.3, 0.4) is 0 Å². The number of hydrogen-bond acceptors (Lipinski definition) is 3. The van der Waals surface area contributed by atoms with Gasteiger partial charge in [-0.3, -0.25) is 4.57 Å². The lowest BCUT2D eigenvalue weighted by Gasteiger charge is -2.13. The normalized spacial score (nSPS) is 12.2. The van der Waals surface area contributed by atoms with Crippen molar-refractivity contribution >= 4 is 96.8 Å². The molecule has 5 heteroatoms. The van der Waals surface area contributed by atoms with Gasteiger partial charge in [0.2, 0.25) is 5.95 Å². The fourth-order valence-electron chi connectivity index (χ4n) is 8.63. The molecule has 0 N–H and O–H groups in total. The highest BCUT2D eigenvalue weighted by molar-refractivity contribution is 7.26. The van der Waals surface area contributed by atoms with Gasteiger partial charge in [0.05, 0.1) is 33.3 Å². The molecule has 0 bridgehead atoms. The van der Waals surface area contributed by atoms with E-state index in [2.05, 4.69) is 179 Å². The number of fused-ring (bicyclic) bond motifs is 12. The summed E-state index contributed by atoms with van der Waals surface area (Å²) in [6.45, 7) is 0. The maximum atomic E-state index is 5.56. The van der Waals surface area contributed by atoms with Crippen molar-refractivity contribution in [1.29, 1.82) is 0 Å². The molecule has 0 atom stereocenters. The third-order valence-corrected chi connectivity index (χ3v) is 12.1. The third kappa shape index (κ3) is 4.05. The second-order valence-corrected chi connectivity index (χ2v) is 14.8. The number of hydrogen-bond donors (Lipinski definition) is 0. The van der Waals surface area contributed by atoms with E-state index in [0.29, 0.717) is 5.95 Å². The van der Waals surface area contributed by atoms with E-state index in [1.54, 1.807) is 0 Å². The molecule has 12 rings (SSSR count). The summed E-state index contributed by atoms with van der Waals surface area (Å²) >= 11 is 1.83. The van der Waals surface area contributed by atoms with Gasteiger partial charge in [-0.05, 0) is 53.2 Å². The Morgan fingerprint density at radius 3 is 1.92 bits per heavy atom. The molecule has 4 aromatic heterocycles. The number of nitrogens with zero attached hydrogens (tertiary/aromatic N) is 4. The van der Waals surface area contributed by atoms with Crippen LogP contribution < -0.4 is 0 Å². The lowest BCUT2D eigenvalue weighted by molar-refractivity contribution is 1.01. The first-order valence-corrected chi connectivity index (χ1v) is 18.7. The Morgan fingerprint density at radius 1 is 0.415 bits per heavy atom. The van der Waals surface area contributed by atoms with Crippen LogP contribution in [0.15, 0.2) is 170 Å². The SMILES string of the molecule is c1ccc2c(c1)ccc1c2c2ccc(-n3c4ccccc4c4ccccc43)cc2n1-c1nc(-c2cccc3c2sc2ccccc23)c2ccccc2n1. The number of benzene rings is 8. The molecule has 4 heterocycles. The maximum absolute atomic E-state index is 5.56. The molecule has 0 saturated carbocycles. The van der Waals surface area contributed by atoms with E-state index < -0.39 is 0 Å². The van der Waals surface area contributed by atoms with Crippen LogP contribution in [0.5, 0.6) is 0 Å². The lowest BCUT2D eigenvalue weighted by atomic mass is 10.0. The van der Waals surface area contributed by atoms with Crippen molar-refractivity contribution in [3.63, 3.8) is 0 Å². The number of thiophene rings is 1. The van der Waals surface area contributed by atoms with E-state index in [9.17, 15) is 0 Å². The highest BCUT2D eigenvalue weighted by atomic mass is 32.1. The van der Waals surface area contributed by atoms with Crippen molar-refractivity contribution < 1.29 is 0 Å². The van der Waals surface area contributed by atoms with Crippen LogP contribution >= 0.6 is 11.3 Å². The highest BCUT2D eigenvalue weighted by Crippen LogP contribution is 2.43. The van der Waals surface area contributed by atoms with Crippen molar-refractivity contribution in [3.05, 3.63) is 170 Å². The summed E-state index contributed by atoms with van der Waals surface area (Å²) in [4.78, 5) is 10.9. The van der Waals surface area contributed by atoms with E-state index in [4.69, 9.17) is 9.97 Å². The van der Waals surface area contributed by atoms with Crippen LogP contribution in [-0.4, -0.2) is 19.1 Å². The van der Waals surface area contributed by atoms with Crippen LogP contribution in [0.2, 0.25) is 0 Å². The largest absolute Gasteiger partial charge is 0.309 e. The van der Waals surface area contributed by atoms with Crippen LogP contribution in [0.25, 0.3) is 108 Å². The lowest BCUT2D eigenvalue weighted by Crippen LogP contribution is -2.04. The minimum absolute atomic E-state index is 0.659. The van der Waals surface area contributed by atoms with Gasteiger partial charge in [0, 0.05) is 58.4 Å². The molecule has 0 unspecified atom stereocenters. The molecular formula is C48H28N4S. The van der Waals surface area contributed by atoms with E-state index >= 15 is 0 Å². The summed E-state index contributed by atoms with van der Waals surface area (Å²) in [6.07, 6.45) is 0.